The Balaban J connectivity index is 2.31. The van der Waals surface area contributed by atoms with Crippen LogP contribution in [0.2, 0.25) is 0 Å². The molecule has 0 saturated carbocycles. The van der Waals surface area contributed by atoms with Gasteiger partial charge in [-0.2, -0.15) is 0 Å². The quantitative estimate of drug-likeness (QED) is 0.917. The minimum atomic E-state index is -1.02. The number of piperidine rings is 1. The van der Waals surface area contributed by atoms with Crippen molar-refractivity contribution in [2.45, 2.75) is 51.2 Å². The van der Waals surface area contributed by atoms with E-state index in [4.69, 9.17) is 9.47 Å². The van der Waals surface area contributed by atoms with Crippen LogP contribution in [0.5, 0.6) is 5.75 Å². The topological polar surface area (TPSA) is 76.1 Å². The van der Waals surface area contributed by atoms with Gasteiger partial charge in [-0.15, -0.1) is 0 Å². The van der Waals surface area contributed by atoms with Crippen LogP contribution in [0.1, 0.15) is 45.1 Å². The Morgan fingerprint density at radius 2 is 2.00 bits per heavy atom. The highest BCUT2D eigenvalue weighted by Gasteiger charge is 2.41. The van der Waals surface area contributed by atoms with E-state index in [1.807, 2.05) is 24.3 Å². The number of methoxy groups -OCH3 is 1. The first-order valence-electron chi connectivity index (χ1n) is 8.09. The summed E-state index contributed by atoms with van der Waals surface area (Å²) in [5, 5.41) is 9.73. The molecule has 132 valence electrons. The summed E-state index contributed by atoms with van der Waals surface area (Å²) in [5.41, 5.74) is 0.193. The van der Waals surface area contributed by atoms with Gasteiger partial charge in [0.05, 0.1) is 7.11 Å². The molecule has 0 bridgehead atoms. The van der Waals surface area contributed by atoms with Gasteiger partial charge in [-0.05, 0) is 51.3 Å². The maximum absolute atomic E-state index is 12.4. The van der Waals surface area contributed by atoms with Crippen molar-refractivity contribution >= 4 is 12.1 Å². The standard InChI is InChI=1S/C18H25NO5/c1-18(2,3)24-17(22)19-10-6-9-14(15(19)16(20)21)12-7-5-8-13(11-12)23-4/h5,7-8,11,14-15H,6,9-10H2,1-4H3,(H,20,21)/t14-,15+/m1/s1. The molecule has 6 nitrogen and oxygen atoms in total. The molecule has 1 aromatic carbocycles. The lowest BCUT2D eigenvalue weighted by Crippen LogP contribution is -2.53. The number of carbonyl (C=O) groups excluding carboxylic acids is 1. The average Bonchev–Trinajstić information content (AvgIpc) is 2.52. The molecule has 2 atom stereocenters. The molecule has 2 rings (SSSR count). The number of ether oxygens (including phenoxy) is 2. The summed E-state index contributed by atoms with van der Waals surface area (Å²) in [6, 6.07) is 6.41. The first-order chi connectivity index (χ1) is 11.2. The number of likely N-dealkylation sites (tertiary alicyclic amines) is 1. The molecule has 0 radical (unpaired) electrons. The fourth-order valence-corrected chi connectivity index (χ4v) is 3.05. The van der Waals surface area contributed by atoms with Gasteiger partial charge < -0.3 is 14.6 Å². The number of carbonyl (C=O) groups is 2. The zero-order valence-electron chi connectivity index (χ0n) is 14.6. The second kappa shape index (κ2) is 7.11. The Kier molecular flexibility index (Phi) is 5.36. The van der Waals surface area contributed by atoms with Gasteiger partial charge in [-0.1, -0.05) is 12.1 Å². The summed E-state index contributed by atoms with van der Waals surface area (Å²) in [5.74, 6) is -0.640. The van der Waals surface area contributed by atoms with Crippen LogP contribution in [0.3, 0.4) is 0 Å². The molecule has 1 aromatic rings. The number of carboxylic acids is 1. The largest absolute Gasteiger partial charge is 0.497 e. The molecule has 1 aliphatic heterocycles. The Morgan fingerprint density at radius 3 is 2.58 bits per heavy atom. The number of hydrogen-bond acceptors (Lipinski definition) is 4. The number of amides is 1. The summed E-state index contributed by atoms with van der Waals surface area (Å²) in [7, 11) is 1.57. The molecule has 1 amide bonds. The van der Waals surface area contributed by atoms with Gasteiger partial charge in [-0.25, -0.2) is 9.59 Å². The predicted octanol–water partition coefficient (Wildman–Crippen LogP) is 3.26. The molecule has 1 heterocycles. The van der Waals surface area contributed by atoms with Crippen molar-refractivity contribution in [3.05, 3.63) is 29.8 Å². The molecule has 0 aliphatic carbocycles. The number of carboxylic acid groups (broad SMARTS) is 1. The first-order valence-corrected chi connectivity index (χ1v) is 8.09. The number of rotatable bonds is 3. The molecular formula is C18H25NO5. The SMILES string of the molecule is COc1cccc([C@H]2CCCN(C(=O)OC(C)(C)C)[C@@H]2C(=O)O)c1. The van der Waals surface area contributed by atoms with Gasteiger partial charge in [0.15, 0.2) is 0 Å². The van der Waals surface area contributed by atoms with Crippen LogP contribution in [0, 0.1) is 0 Å². The molecule has 1 fully saturated rings. The fourth-order valence-electron chi connectivity index (χ4n) is 3.05. The van der Waals surface area contributed by atoms with Gasteiger partial charge in [0.2, 0.25) is 0 Å². The maximum atomic E-state index is 12.4. The maximum Gasteiger partial charge on any atom is 0.411 e. The third kappa shape index (κ3) is 4.19. The highest BCUT2D eigenvalue weighted by atomic mass is 16.6. The lowest BCUT2D eigenvalue weighted by Gasteiger charge is -2.39. The van der Waals surface area contributed by atoms with Gasteiger partial charge >= 0.3 is 12.1 Å². The molecule has 6 heteroatoms. The monoisotopic (exact) mass is 335 g/mol. The van der Waals surface area contributed by atoms with Crippen molar-refractivity contribution in [2.75, 3.05) is 13.7 Å². The lowest BCUT2D eigenvalue weighted by atomic mass is 9.83. The van der Waals surface area contributed by atoms with Crippen LogP contribution in [0.4, 0.5) is 4.79 Å². The number of nitrogens with zero attached hydrogens (tertiary/aromatic N) is 1. The normalized spacial score (nSPS) is 21.2. The molecular weight excluding hydrogens is 310 g/mol. The predicted molar refractivity (Wildman–Crippen MR) is 89.3 cm³/mol. The van der Waals surface area contributed by atoms with Crippen molar-refractivity contribution in [1.29, 1.82) is 0 Å². The highest BCUT2D eigenvalue weighted by molar-refractivity contribution is 5.81. The summed E-state index contributed by atoms with van der Waals surface area (Å²) in [6.45, 7) is 5.69. The minimum absolute atomic E-state index is 0.293. The third-order valence-electron chi connectivity index (χ3n) is 4.03. The molecule has 1 saturated heterocycles. The van der Waals surface area contributed by atoms with E-state index in [0.29, 0.717) is 18.7 Å². The van der Waals surface area contributed by atoms with Gasteiger partial charge in [0.25, 0.3) is 0 Å². The van der Waals surface area contributed by atoms with Crippen LogP contribution in [-0.2, 0) is 9.53 Å². The molecule has 0 aromatic heterocycles. The fraction of sp³-hybridized carbons (Fsp3) is 0.556. The van der Waals surface area contributed by atoms with E-state index < -0.39 is 23.7 Å². The van der Waals surface area contributed by atoms with Gasteiger partial charge in [0.1, 0.15) is 17.4 Å². The van der Waals surface area contributed by atoms with E-state index in [2.05, 4.69) is 0 Å². The molecule has 1 aliphatic rings. The lowest BCUT2D eigenvalue weighted by molar-refractivity contribution is -0.145. The van der Waals surface area contributed by atoms with Crippen molar-refractivity contribution in [3.63, 3.8) is 0 Å². The first kappa shape index (κ1) is 18.1. The van der Waals surface area contributed by atoms with Crippen LogP contribution >= 0.6 is 0 Å². The van der Waals surface area contributed by atoms with Crippen molar-refractivity contribution in [3.8, 4) is 5.75 Å². The van der Waals surface area contributed by atoms with Crippen LogP contribution < -0.4 is 4.74 Å². The molecule has 0 spiro atoms. The van der Waals surface area contributed by atoms with Crippen molar-refractivity contribution < 1.29 is 24.2 Å². The smallest absolute Gasteiger partial charge is 0.411 e. The summed E-state index contributed by atoms with van der Waals surface area (Å²) < 4.78 is 10.6. The molecule has 0 unspecified atom stereocenters. The van der Waals surface area contributed by atoms with E-state index in [1.54, 1.807) is 27.9 Å². The Labute approximate surface area is 142 Å². The van der Waals surface area contributed by atoms with E-state index in [1.165, 1.54) is 4.90 Å². The summed E-state index contributed by atoms with van der Waals surface area (Å²) >= 11 is 0. The molecule has 24 heavy (non-hydrogen) atoms. The van der Waals surface area contributed by atoms with Gasteiger partial charge in [0, 0.05) is 12.5 Å². The zero-order chi connectivity index (χ0) is 17.9. The zero-order valence-corrected chi connectivity index (χ0v) is 14.6. The van der Waals surface area contributed by atoms with Gasteiger partial charge in [-0.3, -0.25) is 4.90 Å². The Morgan fingerprint density at radius 1 is 1.29 bits per heavy atom. The van der Waals surface area contributed by atoms with Crippen LogP contribution in [-0.4, -0.2) is 47.4 Å². The van der Waals surface area contributed by atoms with Crippen molar-refractivity contribution in [2.24, 2.45) is 0 Å². The van der Waals surface area contributed by atoms with E-state index in [0.717, 1.165) is 12.0 Å². The second-order valence-corrected chi connectivity index (χ2v) is 6.98. The summed E-state index contributed by atoms with van der Waals surface area (Å²) in [4.78, 5) is 25.7. The van der Waals surface area contributed by atoms with Crippen LogP contribution in [0.25, 0.3) is 0 Å². The molecule has 1 N–H and O–H groups in total. The summed E-state index contributed by atoms with van der Waals surface area (Å²) in [6.07, 6.45) is 0.844. The minimum Gasteiger partial charge on any atom is -0.497 e. The van der Waals surface area contributed by atoms with E-state index in [9.17, 15) is 14.7 Å². The number of hydrogen-bond donors (Lipinski definition) is 1. The third-order valence-corrected chi connectivity index (χ3v) is 4.03. The Hall–Kier alpha value is -2.24. The average molecular weight is 335 g/mol. The van der Waals surface area contributed by atoms with Crippen molar-refractivity contribution in [1.82, 2.24) is 4.90 Å². The van der Waals surface area contributed by atoms with E-state index >= 15 is 0 Å². The Bertz CT molecular complexity index is 608. The second-order valence-electron chi connectivity index (χ2n) is 6.98. The number of aliphatic carboxylic acids is 1. The van der Waals surface area contributed by atoms with E-state index in [-0.39, 0.29) is 5.92 Å². The van der Waals surface area contributed by atoms with Crippen LogP contribution in [0.15, 0.2) is 24.3 Å². The number of benzene rings is 1. The highest BCUT2D eigenvalue weighted by Crippen LogP contribution is 2.35.